The van der Waals surface area contributed by atoms with Gasteiger partial charge in [-0.3, -0.25) is 4.90 Å². The number of para-hydroxylation sites is 1. The molecule has 1 atom stereocenters. The molecule has 0 saturated heterocycles. The number of aliphatic hydroxyl groups excluding tert-OH is 1. The van der Waals surface area contributed by atoms with Gasteiger partial charge in [-0.25, -0.2) is 0 Å². The molecule has 0 fully saturated rings. The summed E-state index contributed by atoms with van der Waals surface area (Å²) in [6.07, 6.45) is -0.410. The number of benzene rings is 2. The van der Waals surface area contributed by atoms with E-state index in [-0.39, 0.29) is 6.10 Å². The predicted molar refractivity (Wildman–Crippen MR) is 101 cm³/mol. The van der Waals surface area contributed by atoms with Crippen molar-refractivity contribution >= 4 is 0 Å². The molecule has 136 valence electrons. The van der Waals surface area contributed by atoms with Crippen molar-refractivity contribution in [3.8, 4) is 5.75 Å². The first kappa shape index (κ1) is 19.4. The van der Waals surface area contributed by atoms with Gasteiger partial charge in [0.1, 0.15) is 5.75 Å². The van der Waals surface area contributed by atoms with Crippen LogP contribution in [-0.2, 0) is 17.8 Å². The van der Waals surface area contributed by atoms with Gasteiger partial charge in [-0.15, -0.1) is 0 Å². The quantitative estimate of drug-likeness (QED) is 0.717. The van der Waals surface area contributed by atoms with E-state index >= 15 is 0 Å². The van der Waals surface area contributed by atoms with Crippen molar-refractivity contribution in [1.82, 2.24) is 4.90 Å². The van der Waals surface area contributed by atoms with Crippen molar-refractivity contribution in [3.05, 3.63) is 65.7 Å². The maximum absolute atomic E-state index is 10.4. The Morgan fingerprint density at radius 3 is 2.32 bits per heavy atom. The van der Waals surface area contributed by atoms with Crippen LogP contribution in [0.5, 0.6) is 5.75 Å². The van der Waals surface area contributed by atoms with Gasteiger partial charge < -0.3 is 14.6 Å². The highest BCUT2D eigenvalue weighted by molar-refractivity contribution is 5.33. The Morgan fingerprint density at radius 1 is 0.960 bits per heavy atom. The lowest BCUT2D eigenvalue weighted by molar-refractivity contribution is -0.0107. The van der Waals surface area contributed by atoms with Gasteiger partial charge in [0.05, 0.1) is 25.9 Å². The third-order valence-corrected chi connectivity index (χ3v) is 3.93. The second kappa shape index (κ2) is 10.2. The lowest BCUT2D eigenvalue weighted by Crippen LogP contribution is -2.35. The summed E-state index contributed by atoms with van der Waals surface area (Å²) in [7, 11) is 1.69. The Hall–Kier alpha value is -1.88. The van der Waals surface area contributed by atoms with Crippen molar-refractivity contribution in [2.24, 2.45) is 0 Å². The summed E-state index contributed by atoms with van der Waals surface area (Å²) in [6, 6.07) is 18.3. The molecule has 0 aromatic heterocycles. The van der Waals surface area contributed by atoms with Crippen LogP contribution < -0.4 is 4.74 Å². The molecule has 2 rings (SSSR count). The molecule has 0 heterocycles. The number of ether oxygens (including phenoxy) is 2. The summed E-state index contributed by atoms with van der Waals surface area (Å²) in [5.74, 6) is 0.869. The summed E-state index contributed by atoms with van der Waals surface area (Å²) >= 11 is 0. The SMILES string of the molecule is COc1ccccc1CN(Cc1ccccc1)C[C@@H](O)COC(C)C. The van der Waals surface area contributed by atoms with Crippen LogP contribution in [0.1, 0.15) is 25.0 Å². The maximum Gasteiger partial charge on any atom is 0.123 e. The first-order valence-electron chi connectivity index (χ1n) is 8.76. The Bertz CT molecular complexity index is 616. The van der Waals surface area contributed by atoms with Crippen LogP contribution in [0, 0.1) is 0 Å². The third-order valence-electron chi connectivity index (χ3n) is 3.93. The maximum atomic E-state index is 10.4. The Labute approximate surface area is 151 Å². The van der Waals surface area contributed by atoms with E-state index < -0.39 is 6.10 Å². The minimum absolute atomic E-state index is 0.117. The molecule has 0 unspecified atom stereocenters. The summed E-state index contributed by atoms with van der Waals surface area (Å²) in [5, 5.41) is 10.4. The number of hydrogen-bond acceptors (Lipinski definition) is 4. The summed E-state index contributed by atoms with van der Waals surface area (Å²) < 4.78 is 11.0. The topological polar surface area (TPSA) is 41.9 Å². The van der Waals surface area contributed by atoms with E-state index in [4.69, 9.17) is 9.47 Å². The van der Waals surface area contributed by atoms with Crippen molar-refractivity contribution < 1.29 is 14.6 Å². The molecule has 0 bridgehead atoms. The van der Waals surface area contributed by atoms with E-state index in [1.807, 2.05) is 50.2 Å². The number of aliphatic hydroxyl groups is 1. The number of hydrogen-bond donors (Lipinski definition) is 1. The minimum atomic E-state index is -0.527. The average molecular weight is 343 g/mol. The van der Waals surface area contributed by atoms with Gasteiger partial charge in [0, 0.05) is 25.2 Å². The lowest BCUT2D eigenvalue weighted by atomic mass is 10.1. The van der Waals surface area contributed by atoms with Crippen molar-refractivity contribution in [2.45, 2.75) is 39.1 Å². The van der Waals surface area contributed by atoms with Gasteiger partial charge in [0.25, 0.3) is 0 Å². The van der Waals surface area contributed by atoms with Crippen LogP contribution in [0.3, 0.4) is 0 Å². The molecular weight excluding hydrogens is 314 g/mol. The average Bonchev–Trinajstić information content (AvgIpc) is 2.61. The van der Waals surface area contributed by atoms with Crippen molar-refractivity contribution in [2.75, 3.05) is 20.3 Å². The molecule has 25 heavy (non-hydrogen) atoms. The van der Waals surface area contributed by atoms with Gasteiger partial charge in [-0.05, 0) is 25.5 Å². The fraction of sp³-hybridized carbons (Fsp3) is 0.429. The molecule has 0 radical (unpaired) electrons. The van der Waals surface area contributed by atoms with Crippen LogP contribution >= 0.6 is 0 Å². The van der Waals surface area contributed by atoms with E-state index in [0.29, 0.717) is 19.7 Å². The van der Waals surface area contributed by atoms with Crippen LogP contribution in [0.25, 0.3) is 0 Å². The van der Waals surface area contributed by atoms with Crippen LogP contribution in [0.4, 0.5) is 0 Å². The zero-order chi connectivity index (χ0) is 18.1. The minimum Gasteiger partial charge on any atom is -0.496 e. The first-order valence-corrected chi connectivity index (χ1v) is 8.76. The molecule has 0 amide bonds. The molecule has 0 saturated carbocycles. The largest absolute Gasteiger partial charge is 0.496 e. The monoisotopic (exact) mass is 343 g/mol. The van der Waals surface area contributed by atoms with E-state index in [2.05, 4.69) is 23.1 Å². The van der Waals surface area contributed by atoms with E-state index in [1.54, 1.807) is 7.11 Å². The number of rotatable bonds is 10. The molecule has 4 heteroatoms. The van der Waals surface area contributed by atoms with Crippen LogP contribution in [0.15, 0.2) is 54.6 Å². The van der Waals surface area contributed by atoms with Gasteiger partial charge in [0.15, 0.2) is 0 Å². The van der Waals surface area contributed by atoms with Gasteiger partial charge >= 0.3 is 0 Å². The third kappa shape index (κ3) is 6.86. The normalized spacial score (nSPS) is 12.6. The van der Waals surface area contributed by atoms with E-state index in [1.165, 1.54) is 5.56 Å². The molecule has 2 aromatic carbocycles. The number of methoxy groups -OCH3 is 1. The molecule has 1 N–H and O–H groups in total. The molecule has 0 spiro atoms. The molecule has 0 aliphatic carbocycles. The van der Waals surface area contributed by atoms with Gasteiger partial charge in [0.2, 0.25) is 0 Å². The Kier molecular flexibility index (Phi) is 7.92. The highest BCUT2D eigenvalue weighted by Crippen LogP contribution is 2.20. The molecule has 2 aromatic rings. The predicted octanol–water partition coefficient (Wildman–Crippen LogP) is 3.48. The second-order valence-corrected chi connectivity index (χ2v) is 6.50. The van der Waals surface area contributed by atoms with Crippen LogP contribution in [-0.4, -0.2) is 42.5 Å². The zero-order valence-corrected chi connectivity index (χ0v) is 15.4. The van der Waals surface area contributed by atoms with E-state index in [0.717, 1.165) is 17.9 Å². The summed E-state index contributed by atoms with van der Waals surface area (Å²) in [5.41, 5.74) is 2.33. The smallest absolute Gasteiger partial charge is 0.123 e. The zero-order valence-electron chi connectivity index (χ0n) is 15.4. The Balaban J connectivity index is 2.08. The fourth-order valence-electron chi connectivity index (χ4n) is 2.76. The van der Waals surface area contributed by atoms with Gasteiger partial charge in [-0.2, -0.15) is 0 Å². The molecule has 0 aliphatic rings. The fourth-order valence-corrected chi connectivity index (χ4v) is 2.76. The lowest BCUT2D eigenvalue weighted by Gasteiger charge is -2.26. The second-order valence-electron chi connectivity index (χ2n) is 6.50. The molecule has 0 aliphatic heterocycles. The highest BCUT2D eigenvalue weighted by Gasteiger charge is 2.15. The Morgan fingerprint density at radius 2 is 1.64 bits per heavy atom. The standard InChI is InChI=1S/C21H29NO3/c1-17(2)25-16-20(23)15-22(13-18-9-5-4-6-10-18)14-19-11-7-8-12-21(19)24-3/h4-12,17,20,23H,13-16H2,1-3H3/t20-/m1/s1. The van der Waals surface area contributed by atoms with E-state index in [9.17, 15) is 5.11 Å². The van der Waals surface area contributed by atoms with Crippen molar-refractivity contribution in [3.63, 3.8) is 0 Å². The summed E-state index contributed by atoms with van der Waals surface area (Å²) in [4.78, 5) is 2.22. The summed E-state index contributed by atoms with van der Waals surface area (Å²) in [6.45, 7) is 6.30. The highest BCUT2D eigenvalue weighted by atomic mass is 16.5. The molecule has 4 nitrogen and oxygen atoms in total. The van der Waals surface area contributed by atoms with Crippen molar-refractivity contribution in [1.29, 1.82) is 0 Å². The molecular formula is C21H29NO3. The number of nitrogens with zero attached hydrogens (tertiary/aromatic N) is 1. The van der Waals surface area contributed by atoms with Gasteiger partial charge in [-0.1, -0.05) is 48.5 Å². The first-order chi connectivity index (χ1) is 12.1. The van der Waals surface area contributed by atoms with Crippen LogP contribution in [0.2, 0.25) is 0 Å².